The lowest BCUT2D eigenvalue weighted by atomic mass is 10.2. The number of hydrogen-bond acceptors (Lipinski definition) is 4. The van der Waals surface area contributed by atoms with E-state index < -0.39 is 11.9 Å². The van der Waals surface area contributed by atoms with Gasteiger partial charge in [-0.3, -0.25) is 0 Å². The molecule has 80 valence electrons. The van der Waals surface area contributed by atoms with Crippen LogP contribution in [0.25, 0.3) is 0 Å². The summed E-state index contributed by atoms with van der Waals surface area (Å²) in [7, 11) is 1.20. The van der Waals surface area contributed by atoms with Crippen molar-refractivity contribution in [2.75, 3.05) is 13.7 Å². The molecule has 0 fully saturated rings. The largest absolute Gasteiger partial charge is 0.465 e. The van der Waals surface area contributed by atoms with Crippen LogP contribution in [0.1, 0.15) is 20.3 Å². The van der Waals surface area contributed by atoms with E-state index in [1.807, 2.05) is 0 Å². The minimum Gasteiger partial charge on any atom is -0.465 e. The fourth-order valence-electron chi connectivity index (χ4n) is 0.820. The first kappa shape index (κ1) is 13.0. The second-order valence-electron chi connectivity index (χ2n) is 2.36. The molecule has 0 aliphatic rings. The average Bonchev–Trinajstić information content (AvgIpc) is 2.18. The smallest absolute Gasteiger partial charge is 0.350 e. The Morgan fingerprint density at radius 1 is 1.21 bits per heavy atom. The van der Waals surface area contributed by atoms with Gasteiger partial charge in [-0.25, -0.2) is 9.59 Å². The number of rotatable bonds is 4. The topological polar surface area (TPSA) is 52.6 Å². The lowest BCUT2D eigenvalue weighted by Gasteiger charge is -2.06. The number of methoxy groups -OCH3 is 1. The Morgan fingerprint density at radius 2 is 1.79 bits per heavy atom. The summed E-state index contributed by atoms with van der Waals surface area (Å²) in [4.78, 5) is 22.3. The molecule has 0 aliphatic carbocycles. The van der Waals surface area contributed by atoms with Gasteiger partial charge in [-0.05, 0) is 13.3 Å². The van der Waals surface area contributed by atoms with Crippen molar-refractivity contribution in [3.8, 4) is 0 Å². The van der Waals surface area contributed by atoms with Gasteiger partial charge in [-0.2, -0.15) is 0 Å². The van der Waals surface area contributed by atoms with E-state index in [0.717, 1.165) is 0 Å². The highest BCUT2D eigenvalue weighted by atomic mass is 35.5. The molecule has 0 atom stereocenters. The number of ether oxygens (including phenoxy) is 2. The highest BCUT2D eigenvalue weighted by molar-refractivity contribution is 6.43. The van der Waals surface area contributed by atoms with Crippen LogP contribution in [0.3, 0.4) is 0 Å². The summed E-state index contributed by atoms with van der Waals surface area (Å²) in [5, 5.41) is -0.214. The molecule has 0 bridgehead atoms. The van der Waals surface area contributed by atoms with Crippen LogP contribution < -0.4 is 0 Å². The van der Waals surface area contributed by atoms with Gasteiger partial charge >= 0.3 is 11.9 Å². The van der Waals surface area contributed by atoms with Crippen molar-refractivity contribution in [3.05, 3.63) is 10.6 Å². The van der Waals surface area contributed by atoms with Crippen molar-refractivity contribution >= 4 is 23.5 Å². The fraction of sp³-hybridized carbons (Fsp3) is 0.556. The molecule has 4 nitrogen and oxygen atoms in total. The lowest BCUT2D eigenvalue weighted by Crippen LogP contribution is -2.12. The van der Waals surface area contributed by atoms with E-state index in [9.17, 15) is 9.59 Å². The maximum atomic E-state index is 11.3. The standard InChI is InChI=1S/C9H13ClO4/c1-4-6(8(11)14-5-2)7(10)9(12)13-3/h4-5H2,1-3H3. The number of esters is 2. The highest BCUT2D eigenvalue weighted by Crippen LogP contribution is 2.16. The first-order chi connectivity index (χ1) is 6.58. The second-order valence-corrected chi connectivity index (χ2v) is 2.74. The summed E-state index contributed by atoms with van der Waals surface area (Å²) in [6.45, 7) is 3.63. The molecule has 5 heteroatoms. The quantitative estimate of drug-likeness (QED) is 0.534. The van der Waals surface area contributed by atoms with Gasteiger partial charge in [-0.1, -0.05) is 18.5 Å². The number of hydrogen-bond donors (Lipinski definition) is 0. The Morgan fingerprint density at radius 3 is 2.14 bits per heavy atom. The molecule has 0 heterocycles. The summed E-state index contributed by atoms with van der Waals surface area (Å²) in [6, 6.07) is 0. The third-order valence-corrected chi connectivity index (χ3v) is 1.89. The van der Waals surface area contributed by atoms with Gasteiger partial charge in [0, 0.05) is 0 Å². The van der Waals surface area contributed by atoms with Crippen molar-refractivity contribution < 1.29 is 19.1 Å². The lowest BCUT2D eigenvalue weighted by molar-refractivity contribution is -0.140. The molecule has 0 N–H and O–H groups in total. The molecule has 0 radical (unpaired) electrons. The molecule has 0 spiro atoms. The van der Waals surface area contributed by atoms with Crippen molar-refractivity contribution in [2.45, 2.75) is 20.3 Å². The number of carbonyl (C=O) groups is 2. The monoisotopic (exact) mass is 220 g/mol. The normalized spacial score (nSPS) is 11.7. The average molecular weight is 221 g/mol. The molecule has 0 saturated carbocycles. The molecule has 0 aromatic heterocycles. The zero-order valence-corrected chi connectivity index (χ0v) is 9.18. The Bertz CT molecular complexity index is 258. The summed E-state index contributed by atoms with van der Waals surface area (Å²) < 4.78 is 9.11. The van der Waals surface area contributed by atoms with Crippen molar-refractivity contribution in [3.63, 3.8) is 0 Å². The minimum atomic E-state index is -0.725. The van der Waals surface area contributed by atoms with Gasteiger partial charge in [0.2, 0.25) is 0 Å². The van der Waals surface area contributed by atoms with Crippen LogP contribution in [0.15, 0.2) is 10.6 Å². The maximum Gasteiger partial charge on any atom is 0.350 e. The zero-order chi connectivity index (χ0) is 11.1. The molecule has 14 heavy (non-hydrogen) atoms. The first-order valence-electron chi connectivity index (χ1n) is 4.22. The summed E-state index contributed by atoms with van der Waals surface area (Å²) in [6.07, 6.45) is 0.326. The summed E-state index contributed by atoms with van der Waals surface area (Å²) >= 11 is 5.63. The van der Waals surface area contributed by atoms with E-state index in [0.29, 0.717) is 6.42 Å². The molecule has 0 aromatic rings. The number of halogens is 1. The van der Waals surface area contributed by atoms with Crippen LogP contribution in [0.5, 0.6) is 0 Å². The van der Waals surface area contributed by atoms with Gasteiger partial charge < -0.3 is 9.47 Å². The minimum absolute atomic E-state index is 0.139. The van der Waals surface area contributed by atoms with E-state index in [1.165, 1.54) is 7.11 Å². The third-order valence-electron chi connectivity index (χ3n) is 1.50. The Labute approximate surface area is 87.8 Å². The van der Waals surface area contributed by atoms with Crippen molar-refractivity contribution in [1.29, 1.82) is 0 Å². The van der Waals surface area contributed by atoms with Gasteiger partial charge in [0.05, 0.1) is 19.3 Å². The predicted octanol–water partition coefficient (Wildman–Crippen LogP) is 1.63. The molecular weight excluding hydrogens is 208 g/mol. The van der Waals surface area contributed by atoms with Crippen LogP contribution in [0, 0.1) is 0 Å². The van der Waals surface area contributed by atoms with Crippen molar-refractivity contribution in [2.24, 2.45) is 0 Å². The molecule has 0 saturated heterocycles. The van der Waals surface area contributed by atoms with Gasteiger partial charge in [0.25, 0.3) is 0 Å². The molecule has 0 aliphatic heterocycles. The van der Waals surface area contributed by atoms with Gasteiger partial charge in [-0.15, -0.1) is 0 Å². The predicted molar refractivity (Wildman–Crippen MR) is 51.8 cm³/mol. The van der Waals surface area contributed by atoms with Crippen LogP contribution >= 0.6 is 11.6 Å². The number of carbonyl (C=O) groups excluding carboxylic acids is 2. The molecule has 0 rings (SSSR count). The van der Waals surface area contributed by atoms with E-state index in [2.05, 4.69) is 4.74 Å². The van der Waals surface area contributed by atoms with Crippen LogP contribution in [0.4, 0.5) is 0 Å². The van der Waals surface area contributed by atoms with E-state index in [4.69, 9.17) is 16.3 Å². The zero-order valence-electron chi connectivity index (χ0n) is 8.43. The molecule has 0 aromatic carbocycles. The Balaban J connectivity index is 4.83. The van der Waals surface area contributed by atoms with E-state index >= 15 is 0 Å². The van der Waals surface area contributed by atoms with Crippen LogP contribution in [-0.2, 0) is 19.1 Å². The first-order valence-corrected chi connectivity index (χ1v) is 4.60. The van der Waals surface area contributed by atoms with Crippen LogP contribution in [0.2, 0.25) is 0 Å². The SMILES string of the molecule is CCOC(=O)C(CC)=C(Cl)C(=O)OC. The summed E-state index contributed by atoms with van der Waals surface area (Å²) in [5.41, 5.74) is 0.139. The second kappa shape index (κ2) is 6.43. The molecule has 0 unspecified atom stereocenters. The van der Waals surface area contributed by atoms with Gasteiger partial charge in [0.1, 0.15) is 5.03 Å². The van der Waals surface area contributed by atoms with Crippen LogP contribution in [-0.4, -0.2) is 25.7 Å². The third kappa shape index (κ3) is 3.38. The van der Waals surface area contributed by atoms with Crippen molar-refractivity contribution in [1.82, 2.24) is 0 Å². The van der Waals surface area contributed by atoms with Gasteiger partial charge in [0.15, 0.2) is 0 Å². The Hall–Kier alpha value is -1.03. The highest BCUT2D eigenvalue weighted by Gasteiger charge is 2.19. The summed E-state index contributed by atoms with van der Waals surface area (Å²) in [5.74, 6) is -1.30. The Kier molecular flexibility index (Phi) is 5.95. The molecular formula is C9H13ClO4. The van der Waals surface area contributed by atoms with E-state index in [1.54, 1.807) is 13.8 Å². The molecule has 0 amide bonds. The fourth-order valence-corrected chi connectivity index (χ4v) is 1.11. The maximum absolute atomic E-state index is 11.3. The van der Waals surface area contributed by atoms with E-state index in [-0.39, 0.29) is 17.2 Å².